The van der Waals surface area contributed by atoms with Gasteiger partial charge in [0.15, 0.2) is 11.4 Å². The van der Waals surface area contributed by atoms with E-state index in [1.54, 1.807) is 10.9 Å². The Morgan fingerprint density at radius 2 is 2.08 bits per heavy atom. The lowest BCUT2D eigenvalue weighted by Crippen LogP contribution is -2.40. The molecule has 1 amide bonds. The Morgan fingerprint density at radius 1 is 1.32 bits per heavy atom. The molecule has 25 heavy (non-hydrogen) atoms. The summed E-state index contributed by atoms with van der Waals surface area (Å²) < 4.78 is 7.27. The molecule has 1 saturated heterocycles. The van der Waals surface area contributed by atoms with Crippen molar-refractivity contribution in [2.45, 2.75) is 32.2 Å². The SMILES string of the molecule is CCCOc1cn(-c2ccccc2)nc1C(=O)N1CCCC1C(=O)O. The maximum atomic E-state index is 12.9. The van der Waals surface area contributed by atoms with E-state index in [9.17, 15) is 14.7 Å². The number of aromatic nitrogens is 2. The van der Waals surface area contributed by atoms with Gasteiger partial charge in [-0.25, -0.2) is 9.48 Å². The smallest absolute Gasteiger partial charge is 0.326 e. The number of likely N-dealkylation sites (tertiary alicyclic amines) is 1. The predicted molar refractivity (Wildman–Crippen MR) is 91.0 cm³/mol. The molecule has 7 nitrogen and oxygen atoms in total. The number of carbonyl (C=O) groups excluding carboxylic acids is 1. The number of carboxylic acids is 1. The molecule has 0 spiro atoms. The summed E-state index contributed by atoms with van der Waals surface area (Å²) in [5.74, 6) is -0.998. The van der Waals surface area contributed by atoms with E-state index in [-0.39, 0.29) is 5.69 Å². The topological polar surface area (TPSA) is 84.7 Å². The van der Waals surface area contributed by atoms with Crippen LogP contribution in [0.5, 0.6) is 5.75 Å². The van der Waals surface area contributed by atoms with Crippen molar-refractivity contribution >= 4 is 11.9 Å². The van der Waals surface area contributed by atoms with Gasteiger partial charge in [-0.15, -0.1) is 0 Å². The van der Waals surface area contributed by atoms with Crippen LogP contribution in [0, 0.1) is 0 Å². The van der Waals surface area contributed by atoms with Crippen molar-refractivity contribution in [3.05, 3.63) is 42.2 Å². The standard InChI is InChI=1S/C18H21N3O4/c1-2-11-25-15-12-21(13-7-4-3-5-8-13)19-16(15)17(22)20-10-6-9-14(20)18(23)24/h3-5,7-8,12,14H,2,6,9-11H2,1H3,(H,23,24). The summed E-state index contributed by atoms with van der Waals surface area (Å²) in [6.45, 7) is 2.86. The molecule has 0 radical (unpaired) electrons. The third kappa shape index (κ3) is 3.50. The van der Waals surface area contributed by atoms with Crippen molar-refractivity contribution in [3.8, 4) is 11.4 Å². The average molecular weight is 343 g/mol. The number of carbonyl (C=O) groups is 2. The van der Waals surface area contributed by atoms with Crippen LogP contribution in [0.1, 0.15) is 36.7 Å². The van der Waals surface area contributed by atoms with E-state index in [0.29, 0.717) is 31.7 Å². The van der Waals surface area contributed by atoms with Gasteiger partial charge < -0.3 is 14.7 Å². The highest BCUT2D eigenvalue weighted by molar-refractivity contribution is 5.97. The van der Waals surface area contributed by atoms with Crippen LogP contribution in [0.15, 0.2) is 36.5 Å². The molecular weight excluding hydrogens is 322 g/mol. The van der Waals surface area contributed by atoms with Crippen molar-refractivity contribution in [2.75, 3.05) is 13.2 Å². The third-order valence-electron chi connectivity index (χ3n) is 4.16. The fourth-order valence-electron chi connectivity index (χ4n) is 2.94. The van der Waals surface area contributed by atoms with E-state index in [1.807, 2.05) is 37.3 Å². The van der Waals surface area contributed by atoms with Crippen LogP contribution in [0.4, 0.5) is 0 Å². The Hall–Kier alpha value is -2.83. The molecule has 2 heterocycles. The summed E-state index contributed by atoms with van der Waals surface area (Å²) >= 11 is 0. The van der Waals surface area contributed by atoms with E-state index in [2.05, 4.69) is 5.10 Å². The molecule has 1 aliphatic rings. The van der Waals surface area contributed by atoms with Crippen molar-refractivity contribution in [1.29, 1.82) is 0 Å². The van der Waals surface area contributed by atoms with Crippen molar-refractivity contribution < 1.29 is 19.4 Å². The zero-order valence-corrected chi connectivity index (χ0v) is 14.1. The summed E-state index contributed by atoms with van der Waals surface area (Å²) in [6.07, 6.45) is 3.61. The van der Waals surface area contributed by atoms with Gasteiger partial charge in [-0.05, 0) is 31.4 Å². The van der Waals surface area contributed by atoms with Crippen LogP contribution in [-0.2, 0) is 4.79 Å². The molecule has 1 atom stereocenters. The van der Waals surface area contributed by atoms with Crippen LogP contribution in [0.3, 0.4) is 0 Å². The number of hydrogen-bond donors (Lipinski definition) is 1. The van der Waals surface area contributed by atoms with E-state index in [0.717, 1.165) is 12.1 Å². The Kier molecular flexibility index (Phi) is 5.02. The maximum Gasteiger partial charge on any atom is 0.326 e. The summed E-state index contributed by atoms with van der Waals surface area (Å²) in [7, 11) is 0. The molecule has 0 saturated carbocycles. The van der Waals surface area contributed by atoms with Gasteiger partial charge in [0.25, 0.3) is 5.91 Å². The van der Waals surface area contributed by atoms with Crippen molar-refractivity contribution in [2.24, 2.45) is 0 Å². The number of ether oxygens (including phenoxy) is 1. The molecule has 1 aromatic carbocycles. The fourth-order valence-corrected chi connectivity index (χ4v) is 2.94. The van der Waals surface area contributed by atoms with Crippen LogP contribution in [-0.4, -0.2) is 50.9 Å². The van der Waals surface area contributed by atoms with Crippen molar-refractivity contribution in [1.82, 2.24) is 14.7 Å². The average Bonchev–Trinajstić information content (AvgIpc) is 3.27. The van der Waals surface area contributed by atoms with E-state index in [4.69, 9.17) is 4.74 Å². The molecule has 7 heteroatoms. The highest BCUT2D eigenvalue weighted by Crippen LogP contribution is 2.26. The lowest BCUT2D eigenvalue weighted by atomic mass is 10.2. The number of amides is 1. The number of carboxylic acid groups (broad SMARTS) is 1. The monoisotopic (exact) mass is 343 g/mol. The molecule has 132 valence electrons. The zero-order valence-electron chi connectivity index (χ0n) is 14.1. The number of hydrogen-bond acceptors (Lipinski definition) is 4. The second-order valence-electron chi connectivity index (χ2n) is 5.97. The van der Waals surface area contributed by atoms with Gasteiger partial charge in [0.05, 0.1) is 18.5 Å². The van der Waals surface area contributed by atoms with Crippen LogP contribution < -0.4 is 4.74 Å². The molecule has 1 N–H and O–H groups in total. The Labute approximate surface area is 145 Å². The summed E-state index contributed by atoms with van der Waals surface area (Å²) in [5.41, 5.74) is 0.963. The second kappa shape index (κ2) is 7.38. The molecule has 1 aliphatic heterocycles. The quantitative estimate of drug-likeness (QED) is 0.870. The van der Waals surface area contributed by atoms with E-state index >= 15 is 0 Å². The van der Waals surface area contributed by atoms with Gasteiger partial charge >= 0.3 is 5.97 Å². The maximum absolute atomic E-state index is 12.9. The number of rotatable bonds is 6. The minimum absolute atomic E-state index is 0.158. The molecule has 1 unspecified atom stereocenters. The summed E-state index contributed by atoms with van der Waals surface area (Å²) in [6, 6.07) is 8.61. The van der Waals surface area contributed by atoms with Gasteiger partial charge in [0, 0.05) is 6.54 Å². The lowest BCUT2D eigenvalue weighted by Gasteiger charge is -2.20. The minimum Gasteiger partial charge on any atom is -0.489 e. The Bertz CT molecular complexity index is 757. The predicted octanol–water partition coefficient (Wildman–Crippen LogP) is 2.35. The molecule has 3 rings (SSSR count). The molecule has 0 aliphatic carbocycles. The molecule has 1 aromatic heterocycles. The fraction of sp³-hybridized carbons (Fsp3) is 0.389. The summed E-state index contributed by atoms with van der Waals surface area (Å²) in [4.78, 5) is 25.7. The highest BCUT2D eigenvalue weighted by atomic mass is 16.5. The van der Waals surface area contributed by atoms with Crippen LogP contribution in [0.25, 0.3) is 5.69 Å². The third-order valence-corrected chi connectivity index (χ3v) is 4.16. The number of aliphatic carboxylic acids is 1. The van der Waals surface area contributed by atoms with E-state index in [1.165, 1.54) is 4.90 Å². The normalized spacial score (nSPS) is 16.8. The molecule has 1 fully saturated rings. The zero-order chi connectivity index (χ0) is 17.8. The lowest BCUT2D eigenvalue weighted by molar-refractivity contribution is -0.141. The van der Waals surface area contributed by atoms with Gasteiger partial charge in [-0.3, -0.25) is 4.79 Å². The number of nitrogens with zero attached hydrogens (tertiary/aromatic N) is 3. The van der Waals surface area contributed by atoms with Gasteiger partial charge in [0.2, 0.25) is 0 Å². The van der Waals surface area contributed by atoms with Gasteiger partial charge in [0.1, 0.15) is 6.04 Å². The second-order valence-corrected chi connectivity index (χ2v) is 5.97. The van der Waals surface area contributed by atoms with Crippen LogP contribution >= 0.6 is 0 Å². The summed E-state index contributed by atoms with van der Waals surface area (Å²) in [5, 5.41) is 13.7. The van der Waals surface area contributed by atoms with Crippen molar-refractivity contribution in [3.63, 3.8) is 0 Å². The first kappa shape index (κ1) is 17.0. The minimum atomic E-state index is -0.982. The first-order valence-electron chi connectivity index (χ1n) is 8.43. The first-order valence-corrected chi connectivity index (χ1v) is 8.43. The highest BCUT2D eigenvalue weighted by Gasteiger charge is 2.36. The number of benzene rings is 1. The largest absolute Gasteiger partial charge is 0.489 e. The molecular formula is C18H21N3O4. The Balaban J connectivity index is 1.94. The molecule has 2 aromatic rings. The van der Waals surface area contributed by atoms with Crippen LogP contribution in [0.2, 0.25) is 0 Å². The molecule has 0 bridgehead atoms. The first-order chi connectivity index (χ1) is 12.1. The Morgan fingerprint density at radius 3 is 2.76 bits per heavy atom. The van der Waals surface area contributed by atoms with Gasteiger partial charge in [-0.2, -0.15) is 5.10 Å². The van der Waals surface area contributed by atoms with Gasteiger partial charge in [-0.1, -0.05) is 25.1 Å². The van der Waals surface area contributed by atoms with E-state index < -0.39 is 17.9 Å². The number of para-hydroxylation sites is 1.